The van der Waals surface area contributed by atoms with Crippen LogP contribution in [-0.2, 0) is 0 Å². The molecular weight excluding hydrogens is 182 g/mol. The summed E-state index contributed by atoms with van der Waals surface area (Å²) in [6, 6.07) is 7.78. The smallest absolute Gasteiger partial charge is 0.242 e. The minimum absolute atomic E-state index is 0.322. The minimum Gasteiger partial charge on any atom is -0.381 e. The van der Waals surface area contributed by atoms with Crippen LogP contribution in [0.3, 0.4) is 0 Å². The first-order valence-corrected chi connectivity index (χ1v) is 4.53. The largest absolute Gasteiger partial charge is 0.381 e. The van der Waals surface area contributed by atoms with E-state index in [-0.39, 0.29) is 0 Å². The molecule has 0 aliphatic carbocycles. The number of nitrogens with zero attached hydrogens (tertiary/aromatic N) is 1. The molecule has 0 aliphatic heterocycles. The van der Waals surface area contributed by atoms with Gasteiger partial charge in [-0.15, -0.1) is 0 Å². The van der Waals surface area contributed by atoms with E-state index in [1.807, 2.05) is 6.07 Å². The molecule has 0 bridgehead atoms. The third kappa shape index (κ3) is 2.29. The van der Waals surface area contributed by atoms with Crippen LogP contribution in [0.25, 0.3) is 0 Å². The van der Waals surface area contributed by atoms with Crippen LogP contribution >= 0.6 is 0 Å². The molecule has 0 radical (unpaired) electrons. The normalized spacial score (nSPS) is 14.7. The van der Waals surface area contributed by atoms with Gasteiger partial charge in [-0.1, -0.05) is 37.3 Å². The van der Waals surface area contributed by atoms with E-state index in [2.05, 4.69) is 0 Å². The second kappa shape index (κ2) is 4.72. The van der Waals surface area contributed by atoms with Gasteiger partial charge in [0.05, 0.1) is 0 Å². The van der Waals surface area contributed by atoms with Crippen LogP contribution in [0.5, 0.6) is 0 Å². The maximum atomic E-state index is 10.6. The van der Waals surface area contributed by atoms with E-state index >= 15 is 0 Å². The Morgan fingerprint density at radius 1 is 1.43 bits per heavy atom. The zero-order chi connectivity index (χ0) is 10.6. The molecule has 1 aromatic rings. The van der Waals surface area contributed by atoms with Crippen molar-refractivity contribution in [3.05, 3.63) is 46.0 Å². The van der Waals surface area contributed by atoms with Crippen LogP contribution in [0.4, 0.5) is 0 Å². The summed E-state index contributed by atoms with van der Waals surface area (Å²) in [6.45, 7) is 1.69. The first-order chi connectivity index (χ1) is 6.66. The molecule has 4 heteroatoms. The molecule has 0 aliphatic rings. The number of hydrogen-bond acceptors (Lipinski definition) is 3. The predicted molar refractivity (Wildman–Crippen MR) is 52.5 cm³/mol. The zero-order valence-corrected chi connectivity index (χ0v) is 7.96. The number of rotatable bonds is 4. The Kier molecular flexibility index (Phi) is 3.59. The van der Waals surface area contributed by atoms with Crippen molar-refractivity contribution in [1.82, 2.24) is 0 Å². The molecule has 0 aromatic heterocycles. The lowest BCUT2D eigenvalue weighted by molar-refractivity contribution is -0.536. The summed E-state index contributed by atoms with van der Waals surface area (Å²) in [5, 5.41) is 20.3. The average molecular weight is 195 g/mol. The van der Waals surface area contributed by atoms with Crippen molar-refractivity contribution in [2.24, 2.45) is 0 Å². The Morgan fingerprint density at radius 2 is 2.00 bits per heavy atom. The lowest BCUT2D eigenvalue weighted by Crippen LogP contribution is -2.26. The standard InChI is InChI=1S/C10H13NO3/c1-2-9(11(13)14)10(12)8-6-4-3-5-7-8/h3-7,9-10,12H,2H2,1H3/t9?,10-/m1/s1. The van der Waals surface area contributed by atoms with Crippen molar-refractivity contribution < 1.29 is 10.0 Å². The Labute approximate surface area is 82.3 Å². The van der Waals surface area contributed by atoms with Gasteiger partial charge < -0.3 is 5.11 Å². The Hall–Kier alpha value is -1.42. The molecule has 1 rings (SSSR count). The minimum atomic E-state index is -1.02. The van der Waals surface area contributed by atoms with Gasteiger partial charge in [0.25, 0.3) is 0 Å². The van der Waals surface area contributed by atoms with E-state index in [0.717, 1.165) is 0 Å². The first-order valence-electron chi connectivity index (χ1n) is 4.53. The van der Waals surface area contributed by atoms with Crippen molar-refractivity contribution >= 4 is 0 Å². The number of aliphatic hydroxyl groups is 1. The maximum absolute atomic E-state index is 10.6. The fraction of sp³-hybridized carbons (Fsp3) is 0.400. The van der Waals surface area contributed by atoms with Gasteiger partial charge in [0.2, 0.25) is 6.04 Å². The molecule has 0 heterocycles. The van der Waals surface area contributed by atoms with Gasteiger partial charge >= 0.3 is 0 Å². The van der Waals surface area contributed by atoms with Crippen LogP contribution in [-0.4, -0.2) is 16.1 Å². The van der Waals surface area contributed by atoms with Crippen molar-refractivity contribution in [1.29, 1.82) is 0 Å². The fourth-order valence-corrected chi connectivity index (χ4v) is 1.36. The molecule has 14 heavy (non-hydrogen) atoms. The number of aliphatic hydroxyl groups excluding tert-OH is 1. The topological polar surface area (TPSA) is 63.4 Å². The van der Waals surface area contributed by atoms with Crippen molar-refractivity contribution in [3.8, 4) is 0 Å². The number of hydrogen-bond donors (Lipinski definition) is 1. The van der Waals surface area contributed by atoms with Gasteiger partial charge in [-0.2, -0.15) is 0 Å². The summed E-state index contributed by atoms with van der Waals surface area (Å²) in [7, 11) is 0. The molecule has 1 aromatic carbocycles. The molecule has 4 nitrogen and oxygen atoms in total. The zero-order valence-electron chi connectivity index (χ0n) is 7.96. The van der Waals surface area contributed by atoms with Crippen LogP contribution in [0.15, 0.2) is 30.3 Å². The lowest BCUT2D eigenvalue weighted by Gasteiger charge is -2.14. The monoisotopic (exact) mass is 195 g/mol. The summed E-state index contributed by atoms with van der Waals surface area (Å²) in [4.78, 5) is 10.2. The van der Waals surface area contributed by atoms with E-state index in [1.54, 1.807) is 31.2 Å². The third-order valence-corrected chi connectivity index (χ3v) is 2.19. The van der Waals surface area contributed by atoms with E-state index in [0.29, 0.717) is 12.0 Å². The highest BCUT2D eigenvalue weighted by molar-refractivity contribution is 5.18. The molecule has 0 saturated heterocycles. The van der Waals surface area contributed by atoms with E-state index in [1.165, 1.54) is 0 Å². The Balaban J connectivity index is 2.83. The van der Waals surface area contributed by atoms with Gasteiger partial charge in [0, 0.05) is 11.3 Å². The molecule has 76 valence electrons. The first kappa shape index (κ1) is 10.7. The average Bonchev–Trinajstić information content (AvgIpc) is 2.19. The van der Waals surface area contributed by atoms with Crippen molar-refractivity contribution in [3.63, 3.8) is 0 Å². The highest BCUT2D eigenvalue weighted by Crippen LogP contribution is 2.20. The Morgan fingerprint density at radius 3 is 2.43 bits per heavy atom. The summed E-state index contributed by atoms with van der Waals surface area (Å²) in [6.07, 6.45) is -0.695. The van der Waals surface area contributed by atoms with Crippen LogP contribution in [0.1, 0.15) is 25.0 Å². The van der Waals surface area contributed by atoms with Crippen LogP contribution in [0, 0.1) is 10.1 Å². The molecule has 1 unspecified atom stereocenters. The molecular formula is C10H13NO3. The SMILES string of the molecule is CCC([C@H](O)c1ccccc1)[N+](=O)[O-]. The van der Waals surface area contributed by atoms with Gasteiger partial charge in [0.15, 0.2) is 0 Å². The fourth-order valence-electron chi connectivity index (χ4n) is 1.36. The number of benzene rings is 1. The summed E-state index contributed by atoms with van der Waals surface area (Å²) >= 11 is 0. The highest BCUT2D eigenvalue weighted by atomic mass is 16.6. The van der Waals surface area contributed by atoms with E-state index in [4.69, 9.17) is 0 Å². The third-order valence-electron chi connectivity index (χ3n) is 2.19. The van der Waals surface area contributed by atoms with Gasteiger partial charge in [-0.05, 0) is 5.56 Å². The molecule has 2 atom stereocenters. The van der Waals surface area contributed by atoms with Crippen molar-refractivity contribution in [2.75, 3.05) is 0 Å². The van der Waals surface area contributed by atoms with Crippen molar-refractivity contribution in [2.45, 2.75) is 25.5 Å². The van der Waals surface area contributed by atoms with Gasteiger partial charge in [0.1, 0.15) is 6.10 Å². The molecule has 0 amide bonds. The van der Waals surface area contributed by atoms with Crippen LogP contribution < -0.4 is 0 Å². The Bertz CT molecular complexity index is 299. The van der Waals surface area contributed by atoms with Gasteiger partial charge in [-0.3, -0.25) is 10.1 Å². The summed E-state index contributed by atoms with van der Waals surface area (Å²) in [5.74, 6) is 0. The predicted octanol–water partition coefficient (Wildman–Crippen LogP) is 1.78. The van der Waals surface area contributed by atoms with E-state index < -0.39 is 17.1 Å². The second-order valence-corrected chi connectivity index (χ2v) is 3.12. The lowest BCUT2D eigenvalue weighted by atomic mass is 10.0. The summed E-state index contributed by atoms with van der Waals surface area (Å²) < 4.78 is 0. The van der Waals surface area contributed by atoms with E-state index in [9.17, 15) is 15.2 Å². The maximum Gasteiger partial charge on any atom is 0.242 e. The molecule has 1 N–H and O–H groups in total. The number of nitro groups is 1. The van der Waals surface area contributed by atoms with Gasteiger partial charge in [-0.25, -0.2) is 0 Å². The summed E-state index contributed by atoms with van der Waals surface area (Å²) in [5.41, 5.74) is 0.594. The van der Waals surface area contributed by atoms with Crippen LogP contribution in [0.2, 0.25) is 0 Å². The second-order valence-electron chi connectivity index (χ2n) is 3.12. The quantitative estimate of drug-likeness (QED) is 0.588. The molecule has 0 spiro atoms. The highest BCUT2D eigenvalue weighted by Gasteiger charge is 2.28. The molecule has 0 saturated carbocycles. The molecule has 0 fully saturated rings.